The quantitative estimate of drug-likeness (QED) is 0.786. The van der Waals surface area contributed by atoms with E-state index < -0.39 is 15.6 Å². The summed E-state index contributed by atoms with van der Waals surface area (Å²) in [6.45, 7) is 1.67. The maximum Gasteiger partial charge on any atom is 0.243 e. The lowest BCUT2D eigenvalue weighted by Gasteiger charge is -2.34. The van der Waals surface area contributed by atoms with Gasteiger partial charge in [-0.15, -0.1) is 0 Å². The fourth-order valence-electron chi connectivity index (χ4n) is 3.36. The predicted molar refractivity (Wildman–Crippen MR) is 97.4 cm³/mol. The van der Waals surface area contributed by atoms with Gasteiger partial charge in [-0.3, -0.25) is 0 Å². The van der Waals surface area contributed by atoms with E-state index in [2.05, 4.69) is 10.1 Å². The monoisotopic (exact) mass is 392 g/mol. The normalized spacial score (nSPS) is 20.3. The highest BCUT2D eigenvalue weighted by Crippen LogP contribution is 2.36. The van der Waals surface area contributed by atoms with Crippen molar-refractivity contribution < 1.29 is 17.7 Å². The average Bonchev–Trinajstić information content (AvgIpc) is 3.15. The predicted octanol–water partition coefficient (Wildman–Crippen LogP) is 1.21. The summed E-state index contributed by atoms with van der Waals surface area (Å²) in [4.78, 5) is 4.73. The van der Waals surface area contributed by atoms with E-state index in [1.54, 1.807) is 12.1 Å². The van der Waals surface area contributed by atoms with Crippen molar-refractivity contribution in [2.45, 2.75) is 42.5 Å². The van der Waals surface area contributed by atoms with Crippen molar-refractivity contribution in [2.24, 2.45) is 5.73 Å². The second kappa shape index (κ2) is 7.31. The zero-order valence-electron chi connectivity index (χ0n) is 15.1. The molecule has 27 heavy (non-hydrogen) atoms. The topological polar surface area (TPSA) is 112 Å². The Morgan fingerprint density at radius 1 is 1.11 bits per heavy atom. The highest BCUT2D eigenvalue weighted by Gasteiger charge is 2.38. The first-order chi connectivity index (χ1) is 13.0. The van der Waals surface area contributed by atoms with Crippen LogP contribution < -0.4 is 5.73 Å². The summed E-state index contributed by atoms with van der Waals surface area (Å²) < 4.78 is 37.3. The number of nitrogens with zero attached hydrogens (tertiary/aromatic N) is 3. The first kappa shape index (κ1) is 18.5. The van der Waals surface area contributed by atoms with Gasteiger partial charge < -0.3 is 15.0 Å². The molecule has 2 fully saturated rings. The van der Waals surface area contributed by atoms with Gasteiger partial charge in [-0.05, 0) is 43.4 Å². The van der Waals surface area contributed by atoms with E-state index in [1.807, 2.05) is 12.1 Å². The lowest BCUT2D eigenvalue weighted by Crippen LogP contribution is -2.44. The van der Waals surface area contributed by atoms with Crippen LogP contribution in [-0.2, 0) is 33.1 Å². The highest BCUT2D eigenvalue weighted by atomic mass is 32.2. The van der Waals surface area contributed by atoms with Gasteiger partial charge in [0.1, 0.15) is 0 Å². The van der Waals surface area contributed by atoms with Crippen LogP contribution in [0.25, 0.3) is 0 Å². The zero-order chi connectivity index (χ0) is 18.9. The van der Waals surface area contributed by atoms with E-state index in [0.717, 1.165) is 24.8 Å². The SMILES string of the molecule is NC1(c2noc(CCc3ccc(S(=O)(=O)N4CCOCC4)cc3)n2)CCC1. The van der Waals surface area contributed by atoms with Gasteiger partial charge >= 0.3 is 0 Å². The van der Waals surface area contributed by atoms with Crippen LogP contribution in [0.15, 0.2) is 33.7 Å². The van der Waals surface area contributed by atoms with Gasteiger partial charge in [-0.2, -0.15) is 9.29 Å². The number of aryl methyl sites for hydroxylation is 2. The second-order valence-corrected chi connectivity index (χ2v) is 9.12. The first-order valence-electron chi connectivity index (χ1n) is 9.26. The van der Waals surface area contributed by atoms with Gasteiger partial charge in [0, 0.05) is 19.5 Å². The van der Waals surface area contributed by atoms with Crippen molar-refractivity contribution in [1.29, 1.82) is 0 Å². The highest BCUT2D eigenvalue weighted by molar-refractivity contribution is 7.89. The van der Waals surface area contributed by atoms with Crippen LogP contribution >= 0.6 is 0 Å². The summed E-state index contributed by atoms with van der Waals surface area (Å²) in [7, 11) is -3.46. The third kappa shape index (κ3) is 3.77. The molecule has 2 aliphatic rings. The number of hydrogen-bond acceptors (Lipinski definition) is 7. The summed E-state index contributed by atoms with van der Waals surface area (Å²) in [6, 6.07) is 6.98. The number of sulfonamides is 1. The third-order valence-corrected chi connectivity index (χ3v) is 7.23. The molecule has 146 valence electrons. The van der Waals surface area contributed by atoms with Gasteiger partial charge in [0.2, 0.25) is 15.9 Å². The van der Waals surface area contributed by atoms with Gasteiger partial charge in [0.15, 0.2) is 5.82 Å². The molecule has 4 rings (SSSR count). The van der Waals surface area contributed by atoms with Gasteiger partial charge in [0.25, 0.3) is 0 Å². The second-order valence-electron chi connectivity index (χ2n) is 7.18. The van der Waals surface area contributed by atoms with Crippen LogP contribution in [0.2, 0.25) is 0 Å². The van der Waals surface area contributed by atoms with E-state index in [1.165, 1.54) is 4.31 Å². The van der Waals surface area contributed by atoms with Gasteiger partial charge in [0.05, 0.1) is 23.6 Å². The lowest BCUT2D eigenvalue weighted by molar-refractivity contribution is 0.0730. The van der Waals surface area contributed by atoms with Crippen molar-refractivity contribution in [3.05, 3.63) is 41.5 Å². The fourth-order valence-corrected chi connectivity index (χ4v) is 4.76. The molecule has 1 aromatic carbocycles. The minimum Gasteiger partial charge on any atom is -0.379 e. The van der Waals surface area contributed by atoms with E-state index in [0.29, 0.717) is 55.8 Å². The molecule has 8 nitrogen and oxygen atoms in total. The van der Waals surface area contributed by atoms with E-state index >= 15 is 0 Å². The Balaban J connectivity index is 1.38. The standard InChI is InChI=1S/C18H24N4O4S/c19-18(8-1-9-18)17-20-16(26-21-17)7-4-14-2-5-15(6-3-14)27(23,24)22-10-12-25-13-11-22/h2-3,5-6H,1,4,7-13,19H2. The van der Waals surface area contributed by atoms with E-state index in [4.69, 9.17) is 15.0 Å². The Kier molecular flexibility index (Phi) is 5.02. The smallest absolute Gasteiger partial charge is 0.243 e. The number of rotatable bonds is 6. The van der Waals surface area contributed by atoms with Crippen molar-refractivity contribution in [3.8, 4) is 0 Å². The molecule has 0 unspecified atom stereocenters. The molecule has 1 saturated carbocycles. The maximum atomic E-state index is 12.6. The number of benzene rings is 1. The molecule has 1 aliphatic heterocycles. The summed E-state index contributed by atoms with van der Waals surface area (Å²) in [5, 5.41) is 4.01. The minimum atomic E-state index is -3.46. The Bertz CT molecular complexity index is 884. The fraction of sp³-hybridized carbons (Fsp3) is 0.556. The van der Waals surface area contributed by atoms with Crippen molar-refractivity contribution >= 4 is 10.0 Å². The first-order valence-corrected chi connectivity index (χ1v) is 10.7. The molecule has 0 atom stereocenters. The van der Waals surface area contributed by atoms with Crippen LogP contribution in [0, 0.1) is 0 Å². The Morgan fingerprint density at radius 3 is 2.44 bits per heavy atom. The van der Waals surface area contributed by atoms with E-state index in [9.17, 15) is 8.42 Å². The van der Waals surface area contributed by atoms with Gasteiger partial charge in [-0.1, -0.05) is 17.3 Å². The van der Waals surface area contributed by atoms with Crippen LogP contribution in [0.4, 0.5) is 0 Å². The minimum absolute atomic E-state index is 0.309. The molecule has 0 radical (unpaired) electrons. The van der Waals surface area contributed by atoms with Crippen LogP contribution in [0.1, 0.15) is 36.5 Å². The number of ether oxygens (including phenoxy) is 1. The van der Waals surface area contributed by atoms with Crippen LogP contribution in [-0.4, -0.2) is 49.2 Å². The zero-order valence-corrected chi connectivity index (χ0v) is 16.0. The Labute approximate surface area is 158 Å². The molecular formula is C18H24N4O4S. The number of hydrogen-bond donors (Lipinski definition) is 1. The molecule has 2 heterocycles. The Hall–Kier alpha value is -1.81. The van der Waals surface area contributed by atoms with Crippen LogP contribution in [0.5, 0.6) is 0 Å². The molecule has 0 amide bonds. The maximum absolute atomic E-state index is 12.6. The molecule has 0 spiro atoms. The number of morpholine rings is 1. The number of nitrogens with two attached hydrogens (primary N) is 1. The van der Waals surface area contributed by atoms with Gasteiger partial charge in [-0.25, -0.2) is 8.42 Å². The molecular weight excluding hydrogens is 368 g/mol. The summed E-state index contributed by atoms with van der Waals surface area (Å²) in [6.07, 6.45) is 4.17. The van der Waals surface area contributed by atoms with Crippen molar-refractivity contribution in [3.63, 3.8) is 0 Å². The van der Waals surface area contributed by atoms with E-state index in [-0.39, 0.29) is 0 Å². The molecule has 1 aromatic heterocycles. The Morgan fingerprint density at radius 2 is 1.81 bits per heavy atom. The van der Waals surface area contributed by atoms with Crippen molar-refractivity contribution in [2.75, 3.05) is 26.3 Å². The summed E-state index contributed by atoms with van der Waals surface area (Å²) in [5.41, 5.74) is 6.81. The molecule has 0 bridgehead atoms. The molecule has 1 aliphatic carbocycles. The average molecular weight is 392 g/mol. The molecule has 9 heteroatoms. The lowest BCUT2D eigenvalue weighted by atomic mass is 9.77. The molecule has 1 saturated heterocycles. The third-order valence-electron chi connectivity index (χ3n) is 5.32. The molecule has 2 aromatic rings. The van der Waals surface area contributed by atoms with Crippen molar-refractivity contribution in [1.82, 2.24) is 14.4 Å². The largest absolute Gasteiger partial charge is 0.379 e. The number of aromatic nitrogens is 2. The van der Waals surface area contributed by atoms with Crippen LogP contribution in [0.3, 0.4) is 0 Å². The summed E-state index contributed by atoms with van der Waals surface area (Å²) >= 11 is 0. The summed E-state index contributed by atoms with van der Waals surface area (Å²) in [5.74, 6) is 1.16. The molecule has 2 N–H and O–H groups in total.